The highest BCUT2D eigenvalue weighted by Gasteiger charge is 2.26. The number of H-pyrrole nitrogens is 1. The molecule has 2 aromatic heterocycles. The maximum absolute atomic E-state index is 13.2. The van der Waals surface area contributed by atoms with E-state index in [4.69, 9.17) is 12.2 Å². The van der Waals surface area contributed by atoms with E-state index < -0.39 is 12.0 Å². The van der Waals surface area contributed by atoms with Crippen molar-refractivity contribution >= 4 is 39.7 Å². The first-order chi connectivity index (χ1) is 12.6. The highest BCUT2D eigenvalue weighted by molar-refractivity contribution is 7.71. The Morgan fingerprint density at radius 3 is 2.73 bits per heavy atom. The Morgan fingerprint density at radius 1 is 1.27 bits per heavy atom. The summed E-state index contributed by atoms with van der Waals surface area (Å²) in [5.41, 5.74) is 1.64. The predicted molar refractivity (Wildman–Crippen MR) is 105 cm³/mol. The number of aromatic amines is 1. The summed E-state index contributed by atoms with van der Waals surface area (Å²) >= 11 is 6.95. The molecule has 3 aromatic rings. The van der Waals surface area contributed by atoms with Gasteiger partial charge in [-0.1, -0.05) is 30.3 Å². The average Bonchev–Trinajstić information content (AvgIpc) is 2.99. The molecular formula is C19H18N2O3S2. The van der Waals surface area contributed by atoms with E-state index in [2.05, 4.69) is 4.98 Å². The molecule has 2 heterocycles. The minimum Gasteiger partial charge on any atom is -0.480 e. The third-order valence-electron chi connectivity index (χ3n) is 4.91. The number of nitrogens with zero attached hydrogens (tertiary/aromatic N) is 1. The second kappa shape index (κ2) is 6.81. The molecule has 1 unspecified atom stereocenters. The third-order valence-corrected chi connectivity index (χ3v) is 6.42. The molecule has 0 radical (unpaired) electrons. The van der Waals surface area contributed by atoms with E-state index in [-0.39, 0.29) is 16.8 Å². The summed E-state index contributed by atoms with van der Waals surface area (Å²) in [5, 5.41) is 10.4. The van der Waals surface area contributed by atoms with Gasteiger partial charge in [0.25, 0.3) is 5.56 Å². The number of fused-ring (bicyclic) bond motifs is 3. The Morgan fingerprint density at radius 2 is 2.00 bits per heavy atom. The molecule has 134 valence electrons. The fourth-order valence-electron chi connectivity index (χ4n) is 3.66. The zero-order chi connectivity index (χ0) is 18.3. The molecule has 0 aliphatic heterocycles. The van der Waals surface area contributed by atoms with Gasteiger partial charge in [-0.05, 0) is 49.0 Å². The zero-order valence-electron chi connectivity index (χ0n) is 14.0. The van der Waals surface area contributed by atoms with E-state index in [1.54, 1.807) is 11.3 Å². The standard InChI is InChI=1S/C19H18N2O3S2/c22-17-15-12-8-4-5-9-14(12)26-16(15)20-19(25)21(17)13(18(23)24)10-11-6-2-1-3-7-11/h1-3,6-7,13H,4-5,8-10H2,(H,20,25)(H,23,24). The topological polar surface area (TPSA) is 75.1 Å². The van der Waals surface area contributed by atoms with Crippen LogP contribution in [0.1, 0.15) is 34.9 Å². The van der Waals surface area contributed by atoms with Gasteiger partial charge in [0.05, 0.1) is 5.39 Å². The van der Waals surface area contributed by atoms with E-state index >= 15 is 0 Å². The van der Waals surface area contributed by atoms with Crippen molar-refractivity contribution < 1.29 is 9.90 Å². The summed E-state index contributed by atoms with van der Waals surface area (Å²) < 4.78 is 1.42. The molecule has 1 aliphatic carbocycles. The van der Waals surface area contributed by atoms with Crippen LogP contribution in [-0.2, 0) is 24.1 Å². The van der Waals surface area contributed by atoms with Gasteiger partial charge in [0.1, 0.15) is 10.9 Å². The van der Waals surface area contributed by atoms with Gasteiger partial charge in [0.15, 0.2) is 4.77 Å². The minimum atomic E-state index is -1.06. The Kier molecular flexibility index (Phi) is 4.50. The molecular weight excluding hydrogens is 368 g/mol. The number of nitrogens with one attached hydrogen (secondary N) is 1. The first kappa shape index (κ1) is 17.2. The summed E-state index contributed by atoms with van der Waals surface area (Å²) in [5.74, 6) is -1.06. The molecule has 1 atom stereocenters. The lowest BCUT2D eigenvalue weighted by atomic mass is 9.97. The van der Waals surface area contributed by atoms with E-state index in [0.29, 0.717) is 5.39 Å². The second-order valence-corrected chi connectivity index (χ2v) is 8.06. The lowest BCUT2D eigenvalue weighted by Gasteiger charge is -2.16. The quantitative estimate of drug-likeness (QED) is 0.668. The van der Waals surface area contributed by atoms with Crippen molar-refractivity contribution in [1.82, 2.24) is 9.55 Å². The third kappa shape index (κ3) is 2.91. The van der Waals surface area contributed by atoms with Gasteiger partial charge in [-0.3, -0.25) is 9.36 Å². The molecule has 5 nitrogen and oxygen atoms in total. The monoisotopic (exact) mass is 386 g/mol. The van der Waals surface area contributed by atoms with Gasteiger partial charge >= 0.3 is 5.97 Å². The molecule has 0 saturated carbocycles. The number of aryl methyl sites for hydroxylation is 2. The molecule has 4 rings (SSSR count). The lowest BCUT2D eigenvalue weighted by molar-refractivity contribution is -0.141. The smallest absolute Gasteiger partial charge is 0.327 e. The highest BCUT2D eigenvalue weighted by atomic mass is 32.1. The number of benzene rings is 1. The minimum absolute atomic E-state index is 0.171. The number of hydrogen-bond acceptors (Lipinski definition) is 4. The van der Waals surface area contributed by atoms with Crippen LogP contribution in [0, 0.1) is 4.77 Å². The Bertz CT molecular complexity index is 1100. The van der Waals surface area contributed by atoms with Crippen molar-refractivity contribution in [2.45, 2.75) is 38.1 Å². The van der Waals surface area contributed by atoms with Crippen molar-refractivity contribution in [2.24, 2.45) is 0 Å². The number of aromatic nitrogens is 2. The van der Waals surface area contributed by atoms with Crippen molar-refractivity contribution in [3.05, 3.63) is 61.5 Å². The Labute approximate surface area is 158 Å². The number of carboxylic acids is 1. The summed E-state index contributed by atoms with van der Waals surface area (Å²) in [7, 11) is 0. The number of aliphatic carboxylic acids is 1. The van der Waals surface area contributed by atoms with E-state index in [1.807, 2.05) is 30.3 Å². The average molecular weight is 386 g/mol. The lowest BCUT2D eigenvalue weighted by Crippen LogP contribution is -2.32. The molecule has 26 heavy (non-hydrogen) atoms. The van der Waals surface area contributed by atoms with Crippen LogP contribution in [0.15, 0.2) is 35.1 Å². The van der Waals surface area contributed by atoms with Gasteiger partial charge < -0.3 is 10.1 Å². The second-order valence-electron chi connectivity index (χ2n) is 6.56. The number of carbonyl (C=O) groups is 1. The number of rotatable bonds is 4. The predicted octanol–water partition coefficient (Wildman–Crippen LogP) is 3.87. The molecule has 0 amide bonds. The summed E-state index contributed by atoms with van der Waals surface area (Å²) in [4.78, 5) is 30.3. The van der Waals surface area contributed by atoms with Crippen LogP contribution in [0.25, 0.3) is 10.2 Å². The molecule has 1 aliphatic rings. The zero-order valence-corrected chi connectivity index (χ0v) is 15.7. The number of thiophene rings is 1. The van der Waals surface area contributed by atoms with Crippen LogP contribution in [0.2, 0.25) is 0 Å². The van der Waals surface area contributed by atoms with E-state index in [1.165, 1.54) is 9.44 Å². The largest absolute Gasteiger partial charge is 0.480 e. The van der Waals surface area contributed by atoms with Crippen molar-refractivity contribution in [2.75, 3.05) is 0 Å². The maximum Gasteiger partial charge on any atom is 0.327 e. The Balaban J connectivity index is 1.90. The van der Waals surface area contributed by atoms with Crippen molar-refractivity contribution in [1.29, 1.82) is 0 Å². The van der Waals surface area contributed by atoms with E-state index in [0.717, 1.165) is 41.6 Å². The highest BCUT2D eigenvalue weighted by Crippen LogP contribution is 2.33. The SMILES string of the molecule is O=C(O)C(Cc1ccccc1)n1c(=S)[nH]c2sc3c(c2c1=O)CCCC3. The van der Waals surface area contributed by atoms with Crippen LogP contribution in [0.4, 0.5) is 0 Å². The van der Waals surface area contributed by atoms with Gasteiger partial charge in [-0.25, -0.2) is 4.79 Å². The van der Waals surface area contributed by atoms with Gasteiger partial charge in [-0.2, -0.15) is 0 Å². The van der Waals surface area contributed by atoms with E-state index in [9.17, 15) is 14.7 Å². The first-order valence-corrected chi connectivity index (χ1v) is 9.84. The van der Waals surface area contributed by atoms with Crippen molar-refractivity contribution in [3.8, 4) is 0 Å². The first-order valence-electron chi connectivity index (χ1n) is 8.62. The Hall–Kier alpha value is -2.25. The van der Waals surface area contributed by atoms with Crippen LogP contribution < -0.4 is 5.56 Å². The van der Waals surface area contributed by atoms with Crippen LogP contribution in [-0.4, -0.2) is 20.6 Å². The van der Waals surface area contributed by atoms with Gasteiger partial charge in [0, 0.05) is 11.3 Å². The summed E-state index contributed by atoms with van der Waals surface area (Å²) in [6.45, 7) is 0. The molecule has 1 aromatic carbocycles. The normalized spacial score (nSPS) is 14.9. The molecule has 2 N–H and O–H groups in total. The van der Waals surface area contributed by atoms with Crippen molar-refractivity contribution in [3.63, 3.8) is 0 Å². The molecule has 7 heteroatoms. The van der Waals surface area contributed by atoms with Gasteiger partial charge in [-0.15, -0.1) is 11.3 Å². The maximum atomic E-state index is 13.2. The summed E-state index contributed by atoms with van der Waals surface area (Å²) in [6, 6.07) is 8.28. The number of carboxylic acid groups (broad SMARTS) is 1. The van der Waals surface area contributed by atoms with Gasteiger partial charge in [0.2, 0.25) is 0 Å². The fourth-order valence-corrected chi connectivity index (χ4v) is 5.32. The molecule has 0 spiro atoms. The molecule has 0 saturated heterocycles. The molecule has 0 bridgehead atoms. The number of hydrogen-bond donors (Lipinski definition) is 2. The van der Waals surface area contributed by atoms with Crippen LogP contribution >= 0.6 is 23.6 Å². The summed E-state index contributed by atoms with van der Waals surface area (Å²) in [6.07, 6.45) is 4.23. The molecule has 0 fully saturated rings. The fraction of sp³-hybridized carbons (Fsp3) is 0.316. The van der Waals surface area contributed by atoms with Crippen LogP contribution in [0.3, 0.4) is 0 Å². The van der Waals surface area contributed by atoms with Crippen LogP contribution in [0.5, 0.6) is 0 Å².